The minimum absolute atomic E-state index is 0.227. The Balaban J connectivity index is 2.54. The summed E-state index contributed by atoms with van der Waals surface area (Å²) in [5, 5.41) is 13.4. The zero-order chi connectivity index (χ0) is 14.8. The summed E-state index contributed by atoms with van der Waals surface area (Å²) in [7, 11) is 0. The summed E-state index contributed by atoms with van der Waals surface area (Å²) >= 11 is 0. The Bertz CT molecular complexity index is 615. The van der Waals surface area contributed by atoms with E-state index in [9.17, 15) is 14.9 Å². The largest absolute Gasteiger partial charge is 0.325 e. The standard InChI is InChI=1S/C15H16N2O3/c1-11(2)7-8-15(9-10-17(19)20)12-5-3-4-6-13(12)16-14(15)18/h3-7,9-10H,8H2,1-2H3,(H,16,18)/b10-9+/t15-/m0/s1. The van der Waals surface area contributed by atoms with Gasteiger partial charge < -0.3 is 5.32 Å². The first-order valence-electron chi connectivity index (χ1n) is 6.33. The van der Waals surface area contributed by atoms with E-state index in [-0.39, 0.29) is 5.91 Å². The lowest BCUT2D eigenvalue weighted by atomic mass is 9.78. The number of para-hydroxylation sites is 1. The molecule has 0 saturated heterocycles. The fourth-order valence-electron chi connectivity index (χ4n) is 2.33. The smallest absolute Gasteiger partial charge is 0.239 e. The van der Waals surface area contributed by atoms with Crippen molar-refractivity contribution in [3.63, 3.8) is 0 Å². The average Bonchev–Trinajstić information content (AvgIpc) is 2.67. The zero-order valence-corrected chi connectivity index (χ0v) is 11.4. The maximum absolute atomic E-state index is 12.4. The molecule has 0 spiro atoms. The highest BCUT2D eigenvalue weighted by Gasteiger charge is 2.44. The Hall–Kier alpha value is -2.43. The van der Waals surface area contributed by atoms with Crippen molar-refractivity contribution in [1.29, 1.82) is 0 Å². The predicted octanol–water partition coefficient (Wildman–Crippen LogP) is 3.02. The van der Waals surface area contributed by atoms with Crippen molar-refractivity contribution in [3.8, 4) is 0 Å². The average molecular weight is 272 g/mol. The number of allylic oxidation sites excluding steroid dienone is 2. The van der Waals surface area contributed by atoms with Crippen molar-refractivity contribution >= 4 is 11.6 Å². The van der Waals surface area contributed by atoms with E-state index in [4.69, 9.17) is 0 Å². The molecule has 1 atom stereocenters. The summed E-state index contributed by atoms with van der Waals surface area (Å²) in [5.41, 5.74) is 1.56. The Morgan fingerprint density at radius 2 is 2.10 bits per heavy atom. The number of carbonyl (C=O) groups is 1. The highest BCUT2D eigenvalue weighted by Crippen LogP contribution is 2.41. The summed E-state index contributed by atoms with van der Waals surface area (Å²) in [6, 6.07) is 7.29. The number of nitrogens with one attached hydrogen (secondary N) is 1. The van der Waals surface area contributed by atoms with Gasteiger partial charge in [0.05, 0.1) is 4.92 Å². The summed E-state index contributed by atoms with van der Waals surface area (Å²) in [4.78, 5) is 22.4. The van der Waals surface area contributed by atoms with Crippen LogP contribution in [0.5, 0.6) is 0 Å². The summed E-state index contributed by atoms with van der Waals surface area (Å²) < 4.78 is 0. The van der Waals surface area contributed by atoms with Crippen molar-refractivity contribution in [3.05, 3.63) is 63.9 Å². The first-order chi connectivity index (χ1) is 9.45. The summed E-state index contributed by atoms with van der Waals surface area (Å²) in [5.74, 6) is -0.227. The molecule has 1 N–H and O–H groups in total. The number of rotatable bonds is 4. The summed E-state index contributed by atoms with van der Waals surface area (Å²) in [6.07, 6.45) is 4.56. The van der Waals surface area contributed by atoms with Gasteiger partial charge in [0.1, 0.15) is 5.41 Å². The van der Waals surface area contributed by atoms with Crippen LogP contribution in [-0.4, -0.2) is 10.8 Å². The molecule has 0 bridgehead atoms. The Kier molecular flexibility index (Phi) is 3.70. The second-order valence-corrected chi connectivity index (χ2v) is 5.06. The van der Waals surface area contributed by atoms with Crippen molar-refractivity contribution in [2.75, 3.05) is 5.32 Å². The van der Waals surface area contributed by atoms with Gasteiger partial charge in [-0.15, -0.1) is 0 Å². The van der Waals surface area contributed by atoms with Gasteiger partial charge in [0.2, 0.25) is 12.1 Å². The topological polar surface area (TPSA) is 72.2 Å². The third-order valence-electron chi connectivity index (χ3n) is 3.37. The molecule has 1 heterocycles. The molecule has 0 aromatic heterocycles. The minimum Gasteiger partial charge on any atom is -0.325 e. The van der Waals surface area contributed by atoms with E-state index in [2.05, 4.69) is 5.32 Å². The molecule has 0 unspecified atom stereocenters. The second kappa shape index (κ2) is 5.28. The predicted molar refractivity (Wildman–Crippen MR) is 76.9 cm³/mol. The number of nitro groups is 1. The Labute approximate surface area is 117 Å². The lowest BCUT2D eigenvalue weighted by Crippen LogP contribution is -2.32. The van der Waals surface area contributed by atoms with Gasteiger partial charge in [0.15, 0.2) is 0 Å². The maximum atomic E-state index is 12.4. The van der Waals surface area contributed by atoms with Gasteiger partial charge >= 0.3 is 0 Å². The molecule has 0 fully saturated rings. The molecule has 20 heavy (non-hydrogen) atoms. The summed E-state index contributed by atoms with van der Waals surface area (Å²) in [6.45, 7) is 3.87. The fourth-order valence-corrected chi connectivity index (χ4v) is 2.33. The molecule has 0 saturated carbocycles. The number of fused-ring (bicyclic) bond motifs is 1. The molecular formula is C15H16N2O3. The molecule has 1 aliphatic heterocycles. The van der Waals surface area contributed by atoms with Gasteiger partial charge in [-0.05, 0) is 31.9 Å². The van der Waals surface area contributed by atoms with Crippen molar-refractivity contribution in [2.24, 2.45) is 0 Å². The fraction of sp³-hybridized carbons (Fsp3) is 0.267. The molecule has 5 heteroatoms. The normalized spacial score (nSPS) is 20.6. The van der Waals surface area contributed by atoms with Crippen molar-refractivity contribution in [1.82, 2.24) is 0 Å². The van der Waals surface area contributed by atoms with Crippen molar-refractivity contribution < 1.29 is 9.72 Å². The number of hydrogen-bond donors (Lipinski definition) is 1. The Morgan fingerprint density at radius 3 is 2.75 bits per heavy atom. The Morgan fingerprint density at radius 1 is 1.40 bits per heavy atom. The number of amides is 1. The van der Waals surface area contributed by atoms with Gasteiger partial charge in [0, 0.05) is 11.8 Å². The number of hydrogen-bond acceptors (Lipinski definition) is 3. The first kappa shape index (κ1) is 14.0. The van der Waals surface area contributed by atoms with Gasteiger partial charge in [0.25, 0.3) is 0 Å². The van der Waals surface area contributed by atoms with Gasteiger partial charge in [-0.1, -0.05) is 29.8 Å². The SMILES string of the molecule is CC(C)=CC[C@@]1(/C=C/[N+](=O)[O-])C(=O)Nc2ccccc21. The second-order valence-electron chi connectivity index (χ2n) is 5.06. The number of carbonyl (C=O) groups excluding carboxylic acids is 1. The van der Waals surface area contributed by atoms with Crippen LogP contribution in [0.4, 0.5) is 5.69 Å². The van der Waals surface area contributed by atoms with Gasteiger partial charge in [-0.3, -0.25) is 14.9 Å². The van der Waals surface area contributed by atoms with Crippen LogP contribution in [0, 0.1) is 10.1 Å². The quantitative estimate of drug-likeness (QED) is 0.520. The molecule has 5 nitrogen and oxygen atoms in total. The van der Waals surface area contributed by atoms with E-state index in [1.54, 1.807) is 6.07 Å². The van der Waals surface area contributed by atoms with Crippen LogP contribution in [0.15, 0.2) is 48.2 Å². The monoisotopic (exact) mass is 272 g/mol. The van der Waals surface area contributed by atoms with E-state index < -0.39 is 10.3 Å². The molecular weight excluding hydrogens is 256 g/mol. The lowest BCUT2D eigenvalue weighted by molar-refractivity contribution is -0.402. The number of benzene rings is 1. The zero-order valence-electron chi connectivity index (χ0n) is 11.4. The van der Waals surface area contributed by atoms with Crippen LogP contribution in [0.25, 0.3) is 0 Å². The van der Waals surface area contributed by atoms with Crippen LogP contribution in [0.3, 0.4) is 0 Å². The number of nitrogens with zero attached hydrogens (tertiary/aromatic N) is 1. The lowest BCUT2D eigenvalue weighted by Gasteiger charge is -2.21. The van der Waals surface area contributed by atoms with Crippen LogP contribution < -0.4 is 5.32 Å². The van der Waals surface area contributed by atoms with Crippen LogP contribution in [-0.2, 0) is 10.2 Å². The molecule has 104 valence electrons. The number of anilines is 1. The van der Waals surface area contributed by atoms with E-state index in [0.717, 1.165) is 17.3 Å². The van der Waals surface area contributed by atoms with Gasteiger partial charge in [-0.2, -0.15) is 0 Å². The molecule has 2 rings (SSSR count). The van der Waals surface area contributed by atoms with Crippen molar-refractivity contribution in [2.45, 2.75) is 25.7 Å². The first-order valence-corrected chi connectivity index (χ1v) is 6.33. The molecule has 0 aliphatic carbocycles. The van der Waals surface area contributed by atoms with Crippen LogP contribution >= 0.6 is 0 Å². The molecule has 1 aromatic carbocycles. The molecule has 1 aromatic rings. The minimum atomic E-state index is -0.999. The third kappa shape index (κ3) is 2.47. The molecule has 1 amide bonds. The maximum Gasteiger partial charge on any atom is 0.239 e. The molecule has 0 radical (unpaired) electrons. The van der Waals surface area contributed by atoms with Gasteiger partial charge in [-0.25, -0.2) is 0 Å². The highest BCUT2D eigenvalue weighted by atomic mass is 16.6. The van der Waals surface area contributed by atoms with Crippen LogP contribution in [0.1, 0.15) is 25.8 Å². The molecule has 1 aliphatic rings. The highest BCUT2D eigenvalue weighted by molar-refractivity contribution is 6.07. The van der Waals surface area contributed by atoms with E-state index >= 15 is 0 Å². The van der Waals surface area contributed by atoms with E-state index in [1.165, 1.54) is 6.08 Å². The van der Waals surface area contributed by atoms with E-state index in [0.29, 0.717) is 12.1 Å². The van der Waals surface area contributed by atoms with E-state index in [1.807, 2.05) is 38.1 Å². The van der Waals surface area contributed by atoms with Crippen LogP contribution in [0.2, 0.25) is 0 Å². The third-order valence-corrected chi connectivity index (χ3v) is 3.37.